The molecule has 5 N–H and O–H groups in total. The largest absolute Gasteiger partial charge is 0.482 e. The van der Waals surface area contributed by atoms with E-state index in [9.17, 15) is 9.59 Å². The second kappa shape index (κ2) is 6.63. The maximum Gasteiger partial charge on any atom is 0.255 e. The van der Waals surface area contributed by atoms with Crippen molar-refractivity contribution in [2.45, 2.75) is 13.8 Å². The van der Waals surface area contributed by atoms with Crippen molar-refractivity contribution >= 4 is 17.5 Å². The van der Waals surface area contributed by atoms with Gasteiger partial charge in [-0.1, -0.05) is 13.8 Å². The van der Waals surface area contributed by atoms with Crippen LogP contribution in [-0.4, -0.2) is 25.0 Å². The maximum absolute atomic E-state index is 11.9. The summed E-state index contributed by atoms with van der Waals surface area (Å²) in [7, 11) is 0. The zero-order valence-corrected chi connectivity index (χ0v) is 11.1. The molecular weight excluding hydrogens is 246 g/mol. The first-order chi connectivity index (χ1) is 8.90. The molecule has 0 atom stereocenters. The molecule has 0 spiro atoms. The quantitative estimate of drug-likeness (QED) is 0.651. The molecule has 6 heteroatoms. The number of amides is 2. The Hall–Kier alpha value is -2.24. The lowest BCUT2D eigenvalue weighted by molar-refractivity contribution is -0.119. The number of nitrogens with one attached hydrogen (secondary N) is 1. The van der Waals surface area contributed by atoms with Crippen molar-refractivity contribution < 1.29 is 14.3 Å². The molecule has 0 unspecified atom stereocenters. The molecule has 0 saturated heterocycles. The summed E-state index contributed by atoms with van der Waals surface area (Å²) in [5.74, 6) is -0.175. The van der Waals surface area contributed by atoms with Crippen LogP contribution in [-0.2, 0) is 4.79 Å². The number of ether oxygens (including phenoxy) is 1. The standard InChI is InChI=1S/C13H19N3O3/c1-8(2)6-16-13(18)9-3-4-10(14)11(5-9)19-7-12(15)17/h3-5,8H,6-7,14H2,1-2H3,(H2,15,17)(H,16,18). The van der Waals surface area contributed by atoms with Crippen molar-refractivity contribution in [2.24, 2.45) is 11.7 Å². The van der Waals surface area contributed by atoms with E-state index in [1.807, 2.05) is 13.8 Å². The van der Waals surface area contributed by atoms with Crippen LogP contribution in [0.1, 0.15) is 24.2 Å². The molecular formula is C13H19N3O3. The molecule has 2 amide bonds. The van der Waals surface area contributed by atoms with Crippen molar-refractivity contribution in [3.8, 4) is 5.75 Å². The fourth-order valence-electron chi connectivity index (χ4n) is 1.35. The zero-order chi connectivity index (χ0) is 14.4. The Labute approximate surface area is 112 Å². The second-order valence-electron chi connectivity index (χ2n) is 4.61. The van der Waals surface area contributed by atoms with Crippen molar-refractivity contribution in [1.82, 2.24) is 5.32 Å². The number of carbonyl (C=O) groups is 2. The predicted molar refractivity (Wildman–Crippen MR) is 72.7 cm³/mol. The third-order valence-corrected chi connectivity index (χ3v) is 2.32. The Morgan fingerprint density at radius 1 is 1.37 bits per heavy atom. The highest BCUT2D eigenvalue weighted by atomic mass is 16.5. The fraction of sp³-hybridized carbons (Fsp3) is 0.385. The van der Waals surface area contributed by atoms with Crippen LogP contribution in [0.3, 0.4) is 0 Å². The summed E-state index contributed by atoms with van der Waals surface area (Å²) in [5, 5.41) is 2.78. The molecule has 1 aromatic rings. The highest BCUT2D eigenvalue weighted by molar-refractivity contribution is 5.95. The van der Waals surface area contributed by atoms with E-state index in [1.165, 1.54) is 6.07 Å². The third-order valence-electron chi connectivity index (χ3n) is 2.32. The molecule has 104 valence electrons. The summed E-state index contributed by atoms with van der Waals surface area (Å²) < 4.78 is 5.14. The van der Waals surface area contributed by atoms with Crippen molar-refractivity contribution in [1.29, 1.82) is 0 Å². The molecule has 19 heavy (non-hydrogen) atoms. The molecule has 0 aliphatic rings. The number of anilines is 1. The average Bonchev–Trinajstić information content (AvgIpc) is 2.34. The second-order valence-corrected chi connectivity index (χ2v) is 4.61. The van der Waals surface area contributed by atoms with Crippen LogP contribution < -0.4 is 21.5 Å². The van der Waals surface area contributed by atoms with Crippen LogP contribution in [0.4, 0.5) is 5.69 Å². The minimum Gasteiger partial charge on any atom is -0.482 e. The van der Waals surface area contributed by atoms with Crippen LogP contribution in [0, 0.1) is 5.92 Å². The number of primary amides is 1. The van der Waals surface area contributed by atoms with Gasteiger partial charge in [-0.15, -0.1) is 0 Å². The van der Waals surface area contributed by atoms with Crippen LogP contribution in [0.25, 0.3) is 0 Å². The Kier molecular flexibility index (Phi) is 5.17. The first-order valence-electron chi connectivity index (χ1n) is 5.99. The SMILES string of the molecule is CC(C)CNC(=O)c1ccc(N)c(OCC(N)=O)c1. The van der Waals surface area contributed by atoms with Crippen LogP contribution >= 0.6 is 0 Å². The van der Waals surface area contributed by atoms with Gasteiger partial charge < -0.3 is 21.5 Å². The summed E-state index contributed by atoms with van der Waals surface area (Å²) in [4.78, 5) is 22.5. The van der Waals surface area contributed by atoms with Gasteiger partial charge in [0.1, 0.15) is 5.75 Å². The third kappa shape index (κ3) is 4.87. The number of nitrogen functional groups attached to an aromatic ring is 1. The summed E-state index contributed by atoms with van der Waals surface area (Å²) in [6.45, 7) is 4.32. The minimum absolute atomic E-state index is 0.211. The van der Waals surface area contributed by atoms with Crippen LogP contribution in [0.5, 0.6) is 5.75 Å². The highest BCUT2D eigenvalue weighted by Crippen LogP contribution is 2.22. The van der Waals surface area contributed by atoms with E-state index in [-0.39, 0.29) is 18.3 Å². The summed E-state index contributed by atoms with van der Waals surface area (Å²) >= 11 is 0. The van der Waals surface area contributed by atoms with Crippen molar-refractivity contribution in [3.63, 3.8) is 0 Å². The average molecular weight is 265 g/mol. The van der Waals surface area contributed by atoms with E-state index in [0.717, 1.165) is 0 Å². The van der Waals surface area contributed by atoms with Gasteiger partial charge in [0.25, 0.3) is 11.8 Å². The zero-order valence-electron chi connectivity index (χ0n) is 11.1. The lowest BCUT2D eigenvalue weighted by Gasteiger charge is -2.11. The fourth-order valence-corrected chi connectivity index (χ4v) is 1.35. The van der Waals surface area contributed by atoms with E-state index in [4.69, 9.17) is 16.2 Å². The molecule has 6 nitrogen and oxygen atoms in total. The van der Waals surface area contributed by atoms with E-state index >= 15 is 0 Å². The van der Waals surface area contributed by atoms with E-state index in [1.54, 1.807) is 12.1 Å². The normalized spacial score (nSPS) is 10.3. The number of hydrogen-bond acceptors (Lipinski definition) is 4. The molecule has 0 saturated carbocycles. The molecule has 0 heterocycles. The molecule has 0 aromatic heterocycles. The Morgan fingerprint density at radius 3 is 2.63 bits per heavy atom. The lowest BCUT2D eigenvalue weighted by Crippen LogP contribution is -2.27. The minimum atomic E-state index is -0.603. The molecule has 0 fully saturated rings. The lowest BCUT2D eigenvalue weighted by atomic mass is 10.1. The van der Waals surface area contributed by atoms with Crippen molar-refractivity contribution in [3.05, 3.63) is 23.8 Å². The topological polar surface area (TPSA) is 107 Å². The number of benzene rings is 1. The smallest absolute Gasteiger partial charge is 0.255 e. The van der Waals surface area contributed by atoms with Gasteiger partial charge in [-0.3, -0.25) is 9.59 Å². The molecule has 1 aromatic carbocycles. The van der Waals surface area contributed by atoms with Gasteiger partial charge in [-0.25, -0.2) is 0 Å². The monoisotopic (exact) mass is 265 g/mol. The van der Waals surface area contributed by atoms with E-state index in [0.29, 0.717) is 23.7 Å². The summed E-state index contributed by atoms with van der Waals surface area (Å²) in [5.41, 5.74) is 11.4. The molecule has 0 aliphatic carbocycles. The van der Waals surface area contributed by atoms with Crippen molar-refractivity contribution in [2.75, 3.05) is 18.9 Å². The number of rotatable bonds is 6. The van der Waals surface area contributed by atoms with Gasteiger partial charge in [-0.05, 0) is 24.1 Å². The van der Waals surface area contributed by atoms with Crippen LogP contribution in [0.2, 0.25) is 0 Å². The first kappa shape index (κ1) is 14.8. The van der Waals surface area contributed by atoms with Gasteiger partial charge in [-0.2, -0.15) is 0 Å². The molecule has 0 aliphatic heterocycles. The number of carbonyl (C=O) groups excluding carboxylic acids is 2. The van der Waals surface area contributed by atoms with Gasteiger partial charge in [0.2, 0.25) is 0 Å². The Bertz CT molecular complexity index is 472. The van der Waals surface area contributed by atoms with Gasteiger partial charge in [0, 0.05) is 12.1 Å². The van der Waals surface area contributed by atoms with Gasteiger partial charge in [0.15, 0.2) is 6.61 Å². The predicted octanol–water partition coefficient (Wildman–Crippen LogP) is 0.519. The Morgan fingerprint density at radius 2 is 2.05 bits per heavy atom. The molecule has 0 radical (unpaired) electrons. The summed E-state index contributed by atoms with van der Waals surface area (Å²) in [6.07, 6.45) is 0. The highest BCUT2D eigenvalue weighted by Gasteiger charge is 2.10. The maximum atomic E-state index is 11.9. The first-order valence-corrected chi connectivity index (χ1v) is 5.99. The number of hydrogen-bond donors (Lipinski definition) is 3. The van der Waals surface area contributed by atoms with Crippen LogP contribution in [0.15, 0.2) is 18.2 Å². The van der Waals surface area contributed by atoms with E-state index in [2.05, 4.69) is 5.32 Å². The van der Waals surface area contributed by atoms with Gasteiger partial charge >= 0.3 is 0 Å². The molecule has 0 bridgehead atoms. The number of nitrogens with two attached hydrogens (primary N) is 2. The van der Waals surface area contributed by atoms with E-state index < -0.39 is 5.91 Å². The summed E-state index contributed by atoms with van der Waals surface area (Å²) in [6, 6.07) is 4.65. The Balaban J connectivity index is 2.77. The molecule has 1 rings (SSSR count). The van der Waals surface area contributed by atoms with Gasteiger partial charge in [0.05, 0.1) is 5.69 Å².